The number of hydrogen-bond acceptors (Lipinski definition) is 3. The van der Waals surface area contributed by atoms with E-state index in [-0.39, 0.29) is 24.3 Å². The SMILES string of the molecule is O=C(NCCn1cccnc1=O)c1ccccc1F. The number of carbonyl (C=O) groups is 1. The van der Waals surface area contributed by atoms with E-state index in [0.717, 1.165) is 0 Å². The molecule has 0 saturated carbocycles. The summed E-state index contributed by atoms with van der Waals surface area (Å²) in [6, 6.07) is 7.35. The largest absolute Gasteiger partial charge is 0.350 e. The van der Waals surface area contributed by atoms with Gasteiger partial charge in [-0.2, -0.15) is 0 Å². The highest BCUT2D eigenvalue weighted by atomic mass is 19.1. The molecule has 0 atom stereocenters. The van der Waals surface area contributed by atoms with Crippen LogP contribution in [0.1, 0.15) is 10.4 Å². The third-order valence-electron chi connectivity index (χ3n) is 2.54. The predicted octanol–water partition coefficient (Wildman–Crippen LogP) is 0.812. The molecular weight excluding hydrogens is 249 g/mol. The highest BCUT2D eigenvalue weighted by molar-refractivity contribution is 5.94. The minimum Gasteiger partial charge on any atom is -0.350 e. The van der Waals surface area contributed by atoms with Crippen LogP contribution < -0.4 is 11.0 Å². The highest BCUT2D eigenvalue weighted by Gasteiger charge is 2.09. The van der Waals surface area contributed by atoms with Gasteiger partial charge in [-0.15, -0.1) is 0 Å². The highest BCUT2D eigenvalue weighted by Crippen LogP contribution is 2.05. The van der Waals surface area contributed by atoms with Crippen molar-refractivity contribution in [1.29, 1.82) is 0 Å². The second kappa shape index (κ2) is 5.90. The number of nitrogens with one attached hydrogen (secondary N) is 1. The number of amides is 1. The van der Waals surface area contributed by atoms with Crippen LogP contribution in [0.3, 0.4) is 0 Å². The van der Waals surface area contributed by atoms with E-state index < -0.39 is 11.7 Å². The van der Waals surface area contributed by atoms with Gasteiger partial charge in [-0.25, -0.2) is 14.2 Å². The van der Waals surface area contributed by atoms with Gasteiger partial charge in [0, 0.05) is 25.5 Å². The predicted molar refractivity (Wildman–Crippen MR) is 67.2 cm³/mol. The van der Waals surface area contributed by atoms with E-state index in [1.54, 1.807) is 18.3 Å². The zero-order valence-corrected chi connectivity index (χ0v) is 10.0. The van der Waals surface area contributed by atoms with Crippen molar-refractivity contribution < 1.29 is 9.18 Å². The molecule has 1 amide bonds. The van der Waals surface area contributed by atoms with Crippen LogP contribution in [-0.4, -0.2) is 22.0 Å². The van der Waals surface area contributed by atoms with Gasteiger partial charge in [0.2, 0.25) is 0 Å². The van der Waals surface area contributed by atoms with Crippen molar-refractivity contribution in [2.24, 2.45) is 0 Å². The minimum atomic E-state index is -0.571. The lowest BCUT2D eigenvalue weighted by Crippen LogP contribution is -2.31. The molecule has 2 rings (SSSR count). The van der Waals surface area contributed by atoms with Gasteiger partial charge in [-0.05, 0) is 18.2 Å². The van der Waals surface area contributed by atoms with Crippen LogP contribution in [0.2, 0.25) is 0 Å². The summed E-state index contributed by atoms with van der Waals surface area (Å²) in [7, 11) is 0. The molecule has 19 heavy (non-hydrogen) atoms. The molecule has 1 aromatic carbocycles. The molecule has 2 aromatic rings. The Labute approximate surface area is 108 Å². The van der Waals surface area contributed by atoms with E-state index in [2.05, 4.69) is 10.3 Å². The second-order valence-corrected chi connectivity index (χ2v) is 3.83. The van der Waals surface area contributed by atoms with E-state index in [0.29, 0.717) is 0 Å². The van der Waals surface area contributed by atoms with E-state index in [4.69, 9.17) is 0 Å². The van der Waals surface area contributed by atoms with Gasteiger partial charge < -0.3 is 5.32 Å². The smallest absolute Gasteiger partial charge is 0.347 e. The van der Waals surface area contributed by atoms with Gasteiger partial charge in [0.15, 0.2) is 0 Å². The summed E-state index contributed by atoms with van der Waals surface area (Å²) in [6.07, 6.45) is 2.97. The molecule has 0 spiro atoms. The maximum Gasteiger partial charge on any atom is 0.347 e. The molecule has 1 aromatic heterocycles. The van der Waals surface area contributed by atoms with E-state index in [9.17, 15) is 14.0 Å². The summed E-state index contributed by atoms with van der Waals surface area (Å²) >= 11 is 0. The molecular formula is C13H12FN3O2. The Hall–Kier alpha value is -2.50. The van der Waals surface area contributed by atoms with Crippen molar-refractivity contribution in [3.63, 3.8) is 0 Å². The third-order valence-corrected chi connectivity index (χ3v) is 2.54. The number of hydrogen-bond donors (Lipinski definition) is 1. The number of rotatable bonds is 4. The van der Waals surface area contributed by atoms with Crippen LogP contribution in [-0.2, 0) is 6.54 Å². The number of aromatic nitrogens is 2. The molecule has 0 bridgehead atoms. The van der Waals surface area contributed by atoms with Crippen LogP contribution in [0.25, 0.3) is 0 Å². The maximum atomic E-state index is 13.3. The van der Waals surface area contributed by atoms with Crippen molar-refractivity contribution in [2.75, 3.05) is 6.54 Å². The number of benzene rings is 1. The standard InChI is InChI=1S/C13H12FN3O2/c14-11-5-2-1-4-10(11)12(18)15-7-9-17-8-3-6-16-13(17)19/h1-6,8H,7,9H2,(H,15,18). The maximum absolute atomic E-state index is 13.3. The Bertz CT molecular complexity index is 640. The molecule has 1 heterocycles. The van der Waals surface area contributed by atoms with Gasteiger partial charge in [0.25, 0.3) is 5.91 Å². The van der Waals surface area contributed by atoms with Gasteiger partial charge in [0.05, 0.1) is 5.56 Å². The number of halogens is 1. The average molecular weight is 261 g/mol. The van der Waals surface area contributed by atoms with Crippen LogP contribution in [0.5, 0.6) is 0 Å². The summed E-state index contributed by atoms with van der Waals surface area (Å²) < 4.78 is 14.7. The Morgan fingerprint density at radius 2 is 2.11 bits per heavy atom. The first-order chi connectivity index (χ1) is 9.18. The van der Waals surface area contributed by atoms with Crippen LogP contribution in [0.15, 0.2) is 47.5 Å². The molecule has 1 N–H and O–H groups in total. The fraction of sp³-hybridized carbons (Fsp3) is 0.154. The summed E-state index contributed by atoms with van der Waals surface area (Å²) in [5.74, 6) is -1.08. The first-order valence-corrected chi connectivity index (χ1v) is 5.72. The lowest BCUT2D eigenvalue weighted by Gasteiger charge is -2.07. The fourth-order valence-corrected chi connectivity index (χ4v) is 1.59. The zero-order valence-electron chi connectivity index (χ0n) is 10.0. The molecule has 6 heteroatoms. The summed E-state index contributed by atoms with van der Waals surface area (Å²) in [6.45, 7) is 0.506. The van der Waals surface area contributed by atoms with Crippen molar-refractivity contribution in [3.05, 3.63) is 64.6 Å². The van der Waals surface area contributed by atoms with Crippen molar-refractivity contribution >= 4 is 5.91 Å². The number of carbonyl (C=O) groups excluding carboxylic acids is 1. The molecule has 0 aliphatic carbocycles. The first-order valence-electron chi connectivity index (χ1n) is 5.72. The first kappa shape index (κ1) is 12.9. The van der Waals surface area contributed by atoms with E-state index >= 15 is 0 Å². The molecule has 0 aliphatic heterocycles. The molecule has 0 unspecified atom stereocenters. The average Bonchev–Trinajstić information content (AvgIpc) is 2.41. The van der Waals surface area contributed by atoms with Gasteiger partial charge in [-0.3, -0.25) is 9.36 Å². The normalized spacial score (nSPS) is 10.2. The third kappa shape index (κ3) is 3.25. The number of nitrogens with zero attached hydrogens (tertiary/aromatic N) is 2. The van der Waals surface area contributed by atoms with E-state index in [1.807, 2.05) is 0 Å². The fourth-order valence-electron chi connectivity index (χ4n) is 1.59. The van der Waals surface area contributed by atoms with E-state index in [1.165, 1.54) is 29.0 Å². The van der Waals surface area contributed by atoms with Gasteiger partial charge in [0.1, 0.15) is 5.82 Å². The van der Waals surface area contributed by atoms with Crippen molar-refractivity contribution in [3.8, 4) is 0 Å². The quantitative estimate of drug-likeness (QED) is 0.886. The lowest BCUT2D eigenvalue weighted by molar-refractivity contribution is 0.0948. The molecule has 5 nitrogen and oxygen atoms in total. The second-order valence-electron chi connectivity index (χ2n) is 3.83. The Morgan fingerprint density at radius 1 is 1.32 bits per heavy atom. The van der Waals surface area contributed by atoms with Gasteiger partial charge >= 0.3 is 5.69 Å². The monoisotopic (exact) mass is 261 g/mol. The summed E-state index contributed by atoms with van der Waals surface area (Å²) in [4.78, 5) is 26.6. The minimum absolute atomic E-state index is 0.0129. The zero-order chi connectivity index (χ0) is 13.7. The van der Waals surface area contributed by atoms with Crippen molar-refractivity contribution in [2.45, 2.75) is 6.54 Å². The van der Waals surface area contributed by atoms with Gasteiger partial charge in [-0.1, -0.05) is 12.1 Å². The Kier molecular flexibility index (Phi) is 4.02. The summed E-state index contributed by atoms with van der Waals surface area (Å²) in [5.41, 5.74) is -0.399. The molecule has 0 fully saturated rings. The molecule has 98 valence electrons. The summed E-state index contributed by atoms with van der Waals surface area (Å²) in [5, 5.41) is 2.55. The van der Waals surface area contributed by atoms with Crippen LogP contribution in [0, 0.1) is 5.82 Å². The molecule has 0 radical (unpaired) electrons. The van der Waals surface area contributed by atoms with Crippen LogP contribution >= 0.6 is 0 Å². The van der Waals surface area contributed by atoms with Crippen molar-refractivity contribution in [1.82, 2.24) is 14.9 Å². The Balaban J connectivity index is 1.94. The lowest BCUT2D eigenvalue weighted by atomic mass is 10.2. The Morgan fingerprint density at radius 3 is 2.84 bits per heavy atom. The molecule has 0 saturated heterocycles. The molecule has 0 aliphatic rings. The topological polar surface area (TPSA) is 64.0 Å². The van der Waals surface area contributed by atoms with Crippen LogP contribution in [0.4, 0.5) is 4.39 Å².